The monoisotopic (exact) mass is 522 g/mol. The number of hydrazine groups is 1. The number of benzene rings is 1. The van der Waals surface area contributed by atoms with Gasteiger partial charge in [-0.05, 0) is 23.3 Å². The molecule has 4 heterocycles. The summed E-state index contributed by atoms with van der Waals surface area (Å²) in [5.41, 5.74) is 8.59. The molecule has 3 aliphatic heterocycles. The lowest BCUT2D eigenvalue weighted by Gasteiger charge is -2.38. The molecule has 0 spiro atoms. The fourth-order valence-electron chi connectivity index (χ4n) is 5.36. The van der Waals surface area contributed by atoms with Gasteiger partial charge in [0.25, 0.3) is 5.91 Å². The van der Waals surface area contributed by atoms with Gasteiger partial charge in [0.05, 0.1) is 11.6 Å². The van der Waals surface area contributed by atoms with Gasteiger partial charge in [0.2, 0.25) is 5.91 Å². The van der Waals surface area contributed by atoms with Gasteiger partial charge in [-0.15, -0.1) is 11.6 Å². The second-order valence-corrected chi connectivity index (χ2v) is 10.0. The van der Waals surface area contributed by atoms with Crippen LogP contribution in [0.1, 0.15) is 29.2 Å². The van der Waals surface area contributed by atoms with E-state index in [1.165, 1.54) is 11.1 Å². The number of pyridine rings is 1. The summed E-state index contributed by atoms with van der Waals surface area (Å²) in [6.45, 7) is 5.30. The number of amides is 2. The number of piperazine rings is 1. The number of alkyl halides is 1. The van der Waals surface area contributed by atoms with Gasteiger partial charge in [-0.2, -0.15) is 5.26 Å². The molecule has 0 bridgehead atoms. The minimum Gasteiger partial charge on any atom is -0.353 e. The van der Waals surface area contributed by atoms with E-state index in [9.17, 15) is 9.59 Å². The smallest absolute Gasteiger partial charge is 0.253 e. The molecule has 3 N–H and O–H groups in total. The first-order valence-electron chi connectivity index (χ1n) is 12.6. The van der Waals surface area contributed by atoms with Crippen LogP contribution in [0.25, 0.3) is 0 Å². The molecule has 3 atom stereocenters. The van der Waals surface area contributed by atoms with Crippen molar-refractivity contribution in [2.24, 2.45) is 0 Å². The largest absolute Gasteiger partial charge is 0.353 e. The first-order chi connectivity index (χ1) is 18.0. The highest BCUT2D eigenvalue weighted by Crippen LogP contribution is 2.36. The van der Waals surface area contributed by atoms with E-state index in [-0.39, 0.29) is 23.9 Å². The van der Waals surface area contributed by atoms with Gasteiger partial charge in [0, 0.05) is 71.0 Å². The second-order valence-electron chi connectivity index (χ2n) is 9.57. The lowest BCUT2D eigenvalue weighted by Crippen LogP contribution is -2.61. The van der Waals surface area contributed by atoms with Gasteiger partial charge in [0.1, 0.15) is 17.3 Å². The summed E-state index contributed by atoms with van der Waals surface area (Å²) in [7, 11) is 0. The Morgan fingerprint density at radius 1 is 1.19 bits per heavy atom. The van der Waals surface area contributed by atoms with E-state index in [0.29, 0.717) is 57.8 Å². The molecular formula is C26H31ClN8O2. The van der Waals surface area contributed by atoms with Gasteiger partial charge < -0.3 is 15.1 Å². The molecule has 2 amide bonds. The highest BCUT2D eigenvalue weighted by Gasteiger charge is 2.41. The zero-order chi connectivity index (χ0) is 25.8. The summed E-state index contributed by atoms with van der Waals surface area (Å²) in [6.07, 6.45) is 2.00. The average molecular weight is 523 g/mol. The molecule has 37 heavy (non-hydrogen) atoms. The average Bonchev–Trinajstić information content (AvgIpc) is 3.31. The molecular weight excluding hydrogens is 492 g/mol. The van der Waals surface area contributed by atoms with Crippen LogP contribution in [0.3, 0.4) is 0 Å². The van der Waals surface area contributed by atoms with Crippen LogP contribution in [0.4, 0.5) is 5.82 Å². The van der Waals surface area contributed by atoms with E-state index in [1.54, 1.807) is 12.3 Å². The fourth-order valence-corrected chi connectivity index (χ4v) is 5.64. The summed E-state index contributed by atoms with van der Waals surface area (Å²) < 4.78 is 0. The van der Waals surface area contributed by atoms with Crippen LogP contribution < -0.4 is 21.1 Å². The van der Waals surface area contributed by atoms with E-state index >= 15 is 0 Å². The standard InChI is InChI=1S/C26H31ClN8O2/c27-25-22(16-31-32-26(25)37)35-17-19-3-1-2-4-20(19)21(35)15-29-8-7-24(36)34-11-9-33(10-12-34)23-6-5-18(13-28)14-30-23/h1-6,14,21-22,25,29,31H,7-12,15-17H2,(H,32,37)/t21-,22?,25?/m0/s1. The van der Waals surface area contributed by atoms with Gasteiger partial charge in [-0.1, -0.05) is 24.3 Å². The van der Waals surface area contributed by atoms with E-state index < -0.39 is 5.38 Å². The van der Waals surface area contributed by atoms with Crippen molar-refractivity contribution in [1.29, 1.82) is 5.26 Å². The number of nitrogens with one attached hydrogen (secondary N) is 3. The molecule has 194 valence electrons. The van der Waals surface area contributed by atoms with Gasteiger partial charge >= 0.3 is 0 Å². The Bertz CT molecular complexity index is 1160. The van der Waals surface area contributed by atoms with Gasteiger partial charge in [0.15, 0.2) is 0 Å². The van der Waals surface area contributed by atoms with Crippen molar-refractivity contribution in [3.8, 4) is 6.07 Å². The molecule has 11 heteroatoms. The van der Waals surface area contributed by atoms with Gasteiger partial charge in [-0.3, -0.25) is 19.9 Å². The van der Waals surface area contributed by atoms with Crippen molar-refractivity contribution in [2.75, 3.05) is 50.7 Å². The maximum atomic E-state index is 12.8. The van der Waals surface area contributed by atoms with Crippen LogP contribution in [0.5, 0.6) is 0 Å². The van der Waals surface area contributed by atoms with Crippen LogP contribution in [0, 0.1) is 11.3 Å². The summed E-state index contributed by atoms with van der Waals surface area (Å²) in [5.74, 6) is 0.762. The number of rotatable bonds is 7. The Morgan fingerprint density at radius 3 is 2.76 bits per heavy atom. The lowest BCUT2D eigenvalue weighted by molar-refractivity contribution is -0.131. The molecule has 1 aromatic heterocycles. The second kappa shape index (κ2) is 11.4. The molecule has 1 aromatic carbocycles. The predicted octanol–water partition coefficient (Wildman–Crippen LogP) is 0.749. The number of halogens is 1. The molecule has 5 rings (SSSR count). The first-order valence-corrected chi connectivity index (χ1v) is 13.1. The van der Waals surface area contributed by atoms with Crippen molar-refractivity contribution in [3.05, 3.63) is 59.3 Å². The third-order valence-corrected chi connectivity index (χ3v) is 7.88. The summed E-state index contributed by atoms with van der Waals surface area (Å²) in [6, 6.07) is 14.0. The van der Waals surface area contributed by atoms with Crippen LogP contribution in [-0.4, -0.2) is 83.8 Å². The number of nitrogens with zero attached hydrogens (tertiary/aromatic N) is 5. The van der Waals surface area contributed by atoms with Crippen molar-refractivity contribution in [1.82, 2.24) is 31.0 Å². The molecule has 0 aliphatic carbocycles. The fraction of sp³-hybridized carbons (Fsp3) is 0.462. The Hall–Kier alpha value is -3.23. The minimum absolute atomic E-state index is 0.0775. The Labute approximate surface area is 221 Å². The normalized spacial score (nSPS) is 23.9. The first kappa shape index (κ1) is 25.4. The highest BCUT2D eigenvalue weighted by atomic mass is 35.5. The number of hydrogen-bond acceptors (Lipinski definition) is 8. The third kappa shape index (κ3) is 5.55. The Morgan fingerprint density at radius 2 is 2.00 bits per heavy atom. The molecule has 2 fully saturated rings. The van der Waals surface area contributed by atoms with E-state index in [1.807, 2.05) is 23.1 Å². The maximum Gasteiger partial charge on any atom is 0.253 e. The summed E-state index contributed by atoms with van der Waals surface area (Å²) >= 11 is 6.49. The number of aromatic nitrogens is 1. The molecule has 0 radical (unpaired) electrons. The third-order valence-electron chi connectivity index (χ3n) is 7.39. The van der Waals surface area contributed by atoms with Crippen molar-refractivity contribution in [3.63, 3.8) is 0 Å². The highest BCUT2D eigenvalue weighted by molar-refractivity contribution is 6.31. The molecule has 2 saturated heterocycles. The zero-order valence-electron chi connectivity index (χ0n) is 20.6. The number of anilines is 1. The summed E-state index contributed by atoms with van der Waals surface area (Å²) in [4.78, 5) is 35.7. The predicted molar refractivity (Wildman–Crippen MR) is 140 cm³/mol. The number of carbonyl (C=O) groups excluding carboxylic acids is 2. The quantitative estimate of drug-likeness (QED) is 0.360. The van der Waals surface area contributed by atoms with Crippen molar-refractivity contribution in [2.45, 2.75) is 30.4 Å². The van der Waals surface area contributed by atoms with E-state index in [0.717, 1.165) is 12.4 Å². The molecule has 3 aliphatic rings. The number of carbonyl (C=O) groups is 2. The number of nitriles is 1. The molecule has 2 unspecified atom stereocenters. The van der Waals surface area contributed by atoms with Crippen LogP contribution in [0.2, 0.25) is 0 Å². The zero-order valence-corrected chi connectivity index (χ0v) is 21.3. The van der Waals surface area contributed by atoms with Gasteiger partial charge in [-0.25, -0.2) is 10.4 Å². The SMILES string of the molecule is N#Cc1ccc(N2CCN(C(=O)CCNC[C@H]3c4ccccc4CN3C3CNNC(=O)C3Cl)CC2)nc1. The summed E-state index contributed by atoms with van der Waals surface area (Å²) in [5, 5.41) is 11.8. The van der Waals surface area contributed by atoms with Crippen LogP contribution >= 0.6 is 11.6 Å². The minimum atomic E-state index is -0.627. The number of fused-ring (bicyclic) bond motifs is 1. The molecule has 0 saturated carbocycles. The molecule has 2 aromatic rings. The van der Waals surface area contributed by atoms with Crippen molar-refractivity contribution >= 4 is 29.2 Å². The van der Waals surface area contributed by atoms with Crippen LogP contribution in [-0.2, 0) is 16.1 Å². The maximum absolute atomic E-state index is 12.8. The Balaban J connectivity index is 1.11. The lowest BCUT2D eigenvalue weighted by atomic mass is 10.0. The van der Waals surface area contributed by atoms with Crippen LogP contribution in [0.15, 0.2) is 42.6 Å². The number of hydrogen-bond donors (Lipinski definition) is 3. The van der Waals surface area contributed by atoms with E-state index in [4.69, 9.17) is 16.9 Å². The Kier molecular flexibility index (Phi) is 7.86. The van der Waals surface area contributed by atoms with E-state index in [2.05, 4.69) is 49.2 Å². The molecule has 10 nitrogen and oxygen atoms in total. The topological polar surface area (TPSA) is 117 Å². The van der Waals surface area contributed by atoms with Crippen molar-refractivity contribution < 1.29 is 9.59 Å².